The van der Waals surface area contributed by atoms with Crippen molar-refractivity contribution in [3.8, 4) is 0 Å². The van der Waals surface area contributed by atoms with Gasteiger partial charge >= 0.3 is 5.97 Å². The highest BCUT2D eigenvalue weighted by atomic mass is 32.1. The van der Waals surface area contributed by atoms with Crippen LogP contribution in [0.15, 0.2) is 29.6 Å². The number of hydrogen-bond acceptors (Lipinski definition) is 4. The Morgan fingerprint density at radius 3 is 2.62 bits per heavy atom. The van der Waals surface area contributed by atoms with Crippen molar-refractivity contribution in [3.63, 3.8) is 0 Å². The molecule has 0 radical (unpaired) electrons. The maximum atomic E-state index is 13.5. The molecule has 0 aliphatic heterocycles. The zero-order chi connectivity index (χ0) is 15.6. The third-order valence-electron chi connectivity index (χ3n) is 3.23. The number of nitrogens with two attached hydrogens (primary N) is 1. The second-order valence-electron chi connectivity index (χ2n) is 5.07. The zero-order valence-corrected chi connectivity index (χ0v) is 12.6. The minimum absolute atomic E-state index is 0.0621. The minimum atomic E-state index is -1.25. The number of thiophene rings is 1. The van der Waals surface area contributed by atoms with Crippen molar-refractivity contribution in [1.82, 2.24) is 0 Å². The summed E-state index contributed by atoms with van der Waals surface area (Å²) in [4.78, 5) is 12.4. The van der Waals surface area contributed by atoms with Crippen molar-refractivity contribution in [3.05, 3.63) is 45.9 Å². The molecule has 1 aromatic heterocycles. The van der Waals surface area contributed by atoms with Crippen molar-refractivity contribution in [2.24, 2.45) is 5.92 Å². The Balaban J connectivity index is 2.42. The normalized spacial score (nSPS) is 12.4. The molecule has 6 heteroatoms. The van der Waals surface area contributed by atoms with E-state index in [9.17, 15) is 14.3 Å². The largest absolute Gasteiger partial charge is 0.478 e. The number of nitrogens with one attached hydrogen (secondary N) is 1. The van der Waals surface area contributed by atoms with Gasteiger partial charge in [0.05, 0.1) is 17.4 Å². The van der Waals surface area contributed by atoms with E-state index in [1.165, 1.54) is 12.1 Å². The van der Waals surface area contributed by atoms with Gasteiger partial charge in [0, 0.05) is 4.88 Å². The molecule has 1 heterocycles. The van der Waals surface area contributed by atoms with Gasteiger partial charge in [-0.25, -0.2) is 9.18 Å². The van der Waals surface area contributed by atoms with Crippen LogP contribution in [0.25, 0.3) is 0 Å². The van der Waals surface area contributed by atoms with Crippen LogP contribution in [0.3, 0.4) is 0 Å². The predicted molar refractivity (Wildman–Crippen MR) is 83.3 cm³/mol. The van der Waals surface area contributed by atoms with Crippen molar-refractivity contribution in [2.45, 2.75) is 19.9 Å². The molecule has 0 bridgehead atoms. The summed E-state index contributed by atoms with van der Waals surface area (Å²) in [5.41, 5.74) is 5.32. The molecular formula is C15H17FN2O2S. The van der Waals surface area contributed by atoms with E-state index in [2.05, 4.69) is 5.32 Å². The number of aromatic carboxylic acids is 1. The van der Waals surface area contributed by atoms with E-state index in [0.29, 0.717) is 5.69 Å². The molecule has 0 aliphatic rings. The molecule has 2 rings (SSSR count). The van der Waals surface area contributed by atoms with Crippen molar-refractivity contribution < 1.29 is 14.3 Å². The molecule has 21 heavy (non-hydrogen) atoms. The Morgan fingerprint density at radius 1 is 1.38 bits per heavy atom. The molecule has 0 amide bonds. The van der Waals surface area contributed by atoms with Crippen LogP contribution >= 0.6 is 11.3 Å². The lowest BCUT2D eigenvalue weighted by molar-refractivity contribution is 0.0698. The van der Waals surface area contributed by atoms with Gasteiger partial charge in [-0.2, -0.15) is 0 Å². The van der Waals surface area contributed by atoms with Crippen LogP contribution in [0.5, 0.6) is 0 Å². The first kappa shape index (κ1) is 15.3. The van der Waals surface area contributed by atoms with Crippen LogP contribution in [0.4, 0.5) is 15.8 Å². The number of nitrogen functional groups attached to an aromatic ring is 1. The number of hydrogen-bond donors (Lipinski definition) is 3. The minimum Gasteiger partial charge on any atom is -0.478 e. The van der Waals surface area contributed by atoms with E-state index >= 15 is 0 Å². The number of carbonyl (C=O) groups is 1. The number of benzene rings is 1. The number of anilines is 2. The number of carboxylic acid groups (broad SMARTS) is 1. The van der Waals surface area contributed by atoms with Gasteiger partial charge in [-0.15, -0.1) is 11.3 Å². The zero-order valence-electron chi connectivity index (χ0n) is 11.8. The van der Waals surface area contributed by atoms with Crippen LogP contribution in [0.1, 0.15) is 35.1 Å². The maximum Gasteiger partial charge on any atom is 0.340 e. The Hall–Kier alpha value is -2.08. The fourth-order valence-corrected chi connectivity index (χ4v) is 3.10. The Morgan fingerprint density at radius 2 is 2.10 bits per heavy atom. The van der Waals surface area contributed by atoms with Crippen LogP contribution in [0.2, 0.25) is 0 Å². The van der Waals surface area contributed by atoms with E-state index in [1.54, 1.807) is 11.3 Å². The van der Waals surface area contributed by atoms with E-state index in [0.717, 1.165) is 4.88 Å². The standard InChI is InChI=1S/C15H17FN2O2S/c1-8(2)14(11-4-3-7-21-11)18-10-6-5-9(16)13(17)12(10)15(19)20/h3-8,14,18H,17H2,1-2H3,(H,19,20). The molecular weight excluding hydrogens is 291 g/mol. The van der Waals surface area contributed by atoms with Crippen LogP contribution in [-0.4, -0.2) is 11.1 Å². The van der Waals surface area contributed by atoms with Crippen LogP contribution in [0, 0.1) is 11.7 Å². The third-order valence-corrected chi connectivity index (χ3v) is 4.19. The molecule has 1 atom stereocenters. The Labute approximate surface area is 126 Å². The first-order chi connectivity index (χ1) is 9.91. The maximum absolute atomic E-state index is 13.5. The van der Waals surface area contributed by atoms with Gasteiger partial charge in [0.15, 0.2) is 0 Å². The summed E-state index contributed by atoms with van der Waals surface area (Å²) in [6, 6.07) is 6.45. The van der Waals surface area contributed by atoms with Gasteiger partial charge in [0.25, 0.3) is 0 Å². The topological polar surface area (TPSA) is 75.3 Å². The fourth-order valence-electron chi connectivity index (χ4n) is 2.15. The van der Waals surface area contributed by atoms with Gasteiger partial charge < -0.3 is 16.2 Å². The highest BCUT2D eigenvalue weighted by Gasteiger charge is 2.22. The number of rotatable bonds is 5. The van der Waals surface area contributed by atoms with Crippen molar-refractivity contribution in [2.75, 3.05) is 11.1 Å². The summed E-state index contributed by atoms with van der Waals surface area (Å²) in [6.07, 6.45) is 0. The van der Waals surface area contributed by atoms with E-state index < -0.39 is 11.8 Å². The smallest absolute Gasteiger partial charge is 0.340 e. The molecule has 0 aliphatic carbocycles. The Kier molecular flexibility index (Phi) is 4.47. The van der Waals surface area contributed by atoms with Gasteiger partial charge in [0.2, 0.25) is 0 Å². The molecule has 0 saturated heterocycles. The molecule has 4 nitrogen and oxygen atoms in total. The van der Waals surface area contributed by atoms with E-state index in [1.807, 2.05) is 31.4 Å². The number of halogens is 1. The molecule has 0 spiro atoms. The lowest BCUT2D eigenvalue weighted by atomic mass is 10.0. The van der Waals surface area contributed by atoms with Crippen LogP contribution < -0.4 is 11.1 Å². The highest BCUT2D eigenvalue weighted by Crippen LogP contribution is 2.33. The lowest BCUT2D eigenvalue weighted by Crippen LogP contribution is -2.18. The van der Waals surface area contributed by atoms with E-state index in [4.69, 9.17) is 5.73 Å². The average molecular weight is 308 g/mol. The average Bonchev–Trinajstić information content (AvgIpc) is 2.92. The SMILES string of the molecule is CC(C)C(Nc1ccc(F)c(N)c1C(=O)O)c1cccs1. The third kappa shape index (κ3) is 3.16. The Bertz CT molecular complexity index is 641. The monoisotopic (exact) mass is 308 g/mol. The van der Waals surface area contributed by atoms with Gasteiger partial charge in [-0.1, -0.05) is 19.9 Å². The molecule has 2 aromatic rings. The van der Waals surface area contributed by atoms with E-state index in [-0.39, 0.29) is 23.2 Å². The van der Waals surface area contributed by atoms with Gasteiger partial charge in [-0.05, 0) is 29.5 Å². The molecule has 0 saturated carbocycles. The summed E-state index contributed by atoms with van der Waals surface area (Å²) in [6.45, 7) is 4.06. The first-order valence-electron chi connectivity index (χ1n) is 6.53. The van der Waals surface area contributed by atoms with Gasteiger partial charge in [0.1, 0.15) is 11.4 Å². The first-order valence-corrected chi connectivity index (χ1v) is 7.41. The summed E-state index contributed by atoms with van der Waals surface area (Å²) in [5, 5.41) is 14.4. The predicted octanol–water partition coefficient (Wildman–Crippen LogP) is 3.98. The molecule has 1 unspecified atom stereocenters. The summed E-state index contributed by atoms with van der Waals surface area (Å²) < 4.78 is 13.5. The second-order valence-corrected chi connectivity index (χ2v) is 6.05. The quantitative estimate of drug-likeness (QED) is 0.730. The molecule has 4 N–H and O–H groups in total. The highest BCUT2D eigenvalue weighted by molar-refractivity contribution is 7.10. The molecule has 112 valence electrons. The van der Waals surface area contributed by atoms with Crippen molar-refractivity contribution in [1.29, 1.82) is 0 Å². The van der Waals surface area contributed by atoms with Gasteiger partial charge in [-0.3, -0.25) is 0 Å². The lowest BCUT2D eigenvalue weighted by Gasteiger charge is -2.24. The van der Waals surface area contributed by atoms with Crippen LogP contribution in [-0.2, 0) is 0 Å². The summed E-state index contributed by atoms with van der Waals surface area (Å²) in [7, 11) is 0. The molecule has 0 fully saturated rings. The number of carboxylic acids is 1. The fraction of sp³-hybridized carbons (Fsp3) is 0.267. The summed E-state index contributed by atoms with van der Waals surface area (Å²) >= 11 is 1.58. The summed E-state index contributed by atoms with van der Waals surface area (Å²) in [5.74, 6) is -1.74. The second kappa shape index (κ2) is 6.13. The molecule has 1 aromatic carbocycles. The van der Waals surface area contributed by atoms with Crippen molar-refractivity contribution >= 4 is 28.7 Å².